The summed E-state index contributed by atoms with van der Waals surface area (Å²) >= 11 is 0. The second kappa shape index (κ2) is 6.96. The van der Waals surface area contributed by atoms with Crippen LogP contribution in [0.2, 0.25) is 0 Å². The van der Waals surface area contributed by atoms with Crippen LogP contribution < -0.4 is 5.32 Å². The van der Waals surface area contributed by atoms with Crippen molar-refractivity contribution in [3.05, 3.63) is 59.2 Å². The molecule has 2 aromatic carbocycles. The number of phenols is 1. The van der Waals surface area contributed by atoms with Crippen LogP contribution in [0, 0.1) is 13.8 Å². The van der Waals surface area contributed by atoms with Gasteiger partial charge in [0.25, 0.3) is 5.91 Å². The van der Waals surface area contributed by atoms with Crippen molar-refractivity contribution in [1.29, 1.82) is 0 Å². The summed E-state index contributed by atoms with van der Waals surface area (Å²) in [5.74, 6) is -0.784. The quantitative estimate of drug-likeness (QED) is 0.912. The van der Waals surface area contributed by atoms with Gasteiger partial charge >= 0.3 is 0 Å². The monoisotopic (exact) mass is 312 g/mol. The van der Waals surface area contributed by atoms with Crippen molar-refractivity contribution in [2.45, 2.75) is 13.8 Å². The summed E-state index contributed by atoms with van der Waals surface area (Å²) < 4.78 is 0. The summed E-state index contributed by atoms with van der Waals surface area (Å²) in [6.45, 7) is 3.70. The lowest BCUT2D eigenvalue weighted by Crippen LogP contribution is -2.35. The number of benzene rings is 2. The molecule has 0 atom stereocenters. The van der Waals surface area contributed by atoms with Crippen LogP contribution in [0.3, 0.4) is 0 Å². The number of hydrogen-bond donors (Lipinski definition) is 2. The van der Waals surface area contributed by atoms with Crippen LogP contribution in [0.4, 0.5) is 5.69 Å². The first kappa shape index (κ1) is 16.5. The number of anilines is 1. The van der Waals surface area contributed by atoms with Crippen LogP contribution in [0.15, 0.2) is 42.5 Å². The number of nitrogens with one attached hydrogen (secondary N) is 1. The van der Waals surface area contributed by atoms with Gasteiger partial charge in [0.15, 0.2) is 0 Å². The molecule has 0 aliphatic rings. The van der Waals surface area contributed by atoms with Crippen molar-refractivity contribution < 1.29 is 14.7 Å². The number of phenolic OH excluding ortho intramolecular Hbond substituents is 1. The lowest BCUT2D eigenvalue weighted by molar-refractivity contribution is -0.116. The minimum Gasteiger partial charge on any atom is -0.507 e. The molecule has 0 aliphatic carbocycles. The molecular formula is C18H20N2O3. The number of aromatic hydroxyl groups is 1. The minimum atomic E-state index is -0.398. The Balaban J connectivity index is 2.01. The molecule has 2 aromatic rings. The summed E-state index contributed by atoms with van der Waals surface area (Å²) in [7, 11) is 1.53. The zero-order valence-electron chi connectivity index (χ0n) is 13.5. The molecule has 0 saturated carbocycles. The molecule has 23 heavy (non-hydrogen) atoms. The lowest BCUT2D eigenvalue weighted by Gasteiger charge is -2.18. The third kappa shape index (κ3) is 4.32. The predicted octanol–water partition coefficient (Wildman–Crippen LogP) is 2.72. The highest BCUT2D eigenvalue weighted by Gasteiger charge is 2.18. The Hall–Kier alpha value is -2.82. The molecule has 5 nitrogen and oxygen atoms in total. The van der Waals surface area contributed by atoms with Crippen molar-refractivity contribution in [3.63, 3.8) is 0 Å². The van der Waals surface area contributed by atoms with Crippen LogP contribution >= 0.6 is 0 Å². The molecule has 0 saturated heterocycles. The molecule has 2 rings (SSSR count). The fraction of sp³-hybridized carbons (Fsp3) is 0.222. The van der Waals surface area contributed by atoms with Gasteiger partial charge in [0, 0.05) is 12.7 Å². The number of amides is 2. The van der Waals surface area contributed by atoms with Crippen LogP contribution in [0.5, 0.6) is 5.75 Å². The maximum absolute atomic E-state index is 12.3. The van der Waals surface area contributed by atoms with E-state index in [0.29, 0.717) is 5.69 Å². The molecule has 0 heterocycles. The lowest BCUT2D eigenvalue weighted by atomic mass is 10.1. The van der Waals surface area contributed by atoms with E-state index in [0.717, 1.165) is 11.1 Å². The van der Waals surface area contributed by atoms with Crippen molar-refractivity contribution >= 4 is 17.5 Å². The Morgan fingerprint density at radius 3 is 2.30 bits per heavy atom. The van der Waals surface area contributed by atoms with Gasteiger partial charge in [-0.25, -0.2) is 0 Å². The van der Waals surface area contributed by atoms with E-state index in [1.165, 1.54) is 18.0 Å². The fourth-order valence-electron chi connectivity index (χ4n) is 2.15. The van der Waals surface area contributed by atoms with Crippen molar-refractivity contribution in [2.75, 3.05) is 18.9 Å². The van der Waals surface area contributed by atoms with Gasteiger partial charge in [0.05, 0.1) is 12.1 Å². The van der Waals surface area contributed by atoms with E-state index in [1.807, 2.05) is 26.0 Å². The first-order valence-electron chi connectivity index (χ1n) is 7.28. The predicted molar refractivity (Wildman–Crippen MR) is 89.6 cm³/mol. The fourth-order valence-corrected chi connectivity index (χ4v) is 2.15. The maximum atomic E-state index is 12.3. The topological polar surface area (TPSA) is 69.6 Å². The highest BCUT2D eigenvalue weighted by molar-refractivity contribution is 6.00. The summed E-state index contributed by atoms with van der Waals surface area (Å²) in [5, 5.41) is 12.5. The average Bonchev–Trinajstić information content (AvgIpc) is 2.51. The van der Waals surface area contributed by atoms with Crippen LogP contribution in [0.25, 0.3) is 0 Å². The Bertz CT molecular complexity index is 724. The number of aryl methyl sites for hydroxylation is 2. The van der Waals surface area contributed by atoms with Gasteiger partial charge in [-0.1, -0.05) is 29.3 Å². The minimum absolute atomic E-state index is 0.0913. The van der Waals surface area contributed by atoms with E-state index in [-0.39, 0.29) is 23.8 Å². The smallest absolute Gasteiger partial charge is 0.257 e. The Morgan fingerprint density at radius 1 is 1.04 bits per heavy atom. The number of carbonyl (C=O) groups excluding carboxylic acids is 2. The number of carbonyl (C=O) groups is 2. The number of rotatable bonds is 4. The summed E-state index contributed by atoms with van der Waals surface area (Å²) in [6, 6.07) is 12.2. The second-order valence-electron chi connectivity index (χ2n) is 5.60. The zero-order chi connectivity index (χ0) is 17.0. The van der Waals surface area contributed by atoms with Gasteiger partial charge in [0.1, 0.15) is 5.75 Å². The Morgan fingerprint density at radius 2 is 1.65 bits per heavy atom. The normalized spacial score (nSPS) is 10.2. The van der Waals surface area contributed by atoms with Crippen molar-refractivity contribution in [3.8, 4) is 5.75 Å². The van der Waals surface area contributed by atoms with Crippen molar-refractivity contribution in [1.82, 2.24) is 4.90 Å². The maximum Gasteiger partial charge on any atom is 0.257 e. The van der Waals surface area contributed by atoms with Gasteiger partial charge in [0.2, 0.25) is 5.91 Å². The molecule has 0 aliphatic heterocycles. The van der Waals surface area contributed by atoms with E-state index in [9.17, 15) is 14.7 Å². The largest absolute Gasteiger partial charge is 0.507 e. The van der Waals surface area contributed by atoms with E-state index in [2.05, 4.69) is 5.32 Å². The Kier molecular flexibility index (Phi) is 5.01. The molecule has 0 unspecified atom stereocenters. The highest BCUT2D eigenvalue weighted by Crippen LogP contribution is 2.19. The van der Waals surface area contributed by atoms with Crippen LogP contribution in [0.1, 0.15) is 21.5 Å². The molecule has 5 heteroatoms. The Labute approximate surface area is 135 Å². The first-order valence-corrected chi connectivity index (χ1v) is 7.28. The van der Waals surface area contributed by atoms with Gasteiger partial charge in [-0.15, -0.1) is 0 Å². The van der Waals surface area contributed by atoms with Gasteiger partial charge in [-0.2, -0.15) is 0 Å². The van der Waals surface area contributed by atoms with Gasteiger partial charge in [-0.3, -0.25) is 9.59 Å². The third-order valence-corrected chi connectivity index (χ3v) is 3.45. The van der Waals surface area contributed by atoms with E-state index < -0.39 is 5.91 Å². The van der Waals surface area contributed by atoms with E-state index in [1.54, 1.807) is 24.3 Å². The molecule has 2 amide bonds. The molecule has 0 fully saturated rings. The summed E-state index contributed by atoms with van der Waals surface area (Å²) in [4.78, 5) is 25.6. The molecule has 0 aromatic heterocycles. The van der Waals surface area contributed by atoms with Gasteiger partial charge < -0.3 is 15.3 Å². The molecular weight excluding hydrogens is 292 g/mol. The zero-order valence-corrected chi connectivity index (χ0v) is 13.5. The standard InChI is InChI=1S/C18H20N2O3/c1-12-4-7-14(8-5-12)19-17(22)11-20(3)18(23)15-10-13(2)6-9-16(15)21/h4-10,21H,11H2,1-3H3,(H,19,22). The van der Waals surface area contributed by atoms with Crippen LogP contribution in [-0.4, -0.2) is 35.4 Å². The van der Waals surface area contributed by atoms with Gasteiger partial charge in [-0.05, 0) is 38.1 Å². The number of nitrogens with zero attached hydrogens (tertiary/aromatic N) is 1. The summed E-state index contributed by atoms with van der Waals surface area (Å²) in [6.07, 6.45) is 0. The van der Waals surface area contributed by atoms with Crippen molar-refractivity contribution in [2.24, 2.45) is 0 Å². The molecule has 2 N–H and O–H groups in total. The number of likely N-dealkylation sites (N-methyl/N-ethyl adjacent to an activating group) is 1. The molecule has 0 bridgehead atoms. The number of hydrogen-bond acceptors (Lipinski definition) is 3. The molecule has 0 spiro atoms. The third-order valence-electron chi connectivity index (χ3n) is 3.45. The van der Waals surface area contributed by atoms with E-state index in [4.69, 9.17) is 0 Å². The van der Waals surface area contributed by atoms with Crippen LogP contribution in [-0.2, 0) is 4.79 Å². The SMILES string of the molecule is Cc1ccc(NC(=O)CN(C)C(=O)c2cc(C)ccc2O)cc1. The highest BCUT2D eigenvalue weighted by atomic mass is 16.3. The molecule has 120 valence electrons. The van der Waals surface area contributed by atoms with E-state index >= 15 is 0 Å². The second-order valence-corrected chi connectivity index (χ2v) is 5.60. The summed E-state index contributed by atoms with van der Waals surface area (Å²) in [5.41, 5.74) is 2.84. The average molecular weight is 312 g/mol. The first-order chi connectivity index (χ1) is 10.9. The molecule has 0 radical (unpaired) electrons.